The van der Waals surface area contributed by atoms with Crippen LogP contribution in [0.1, 0.15) is 37.6 Å². The van der Waals surface area contributed by atoms with E-state index in [4.69, 9.17) is 9.84 Å². The van der Waals surface area contributed by atoms with Crippen LogP contribution in [0.5, 0.6) is 5.75 Å². The number of hydrogen-bond donors (Lipinski definition) is 1. The third-order valence-electron chi connectivity index (χ3n) is 1.34. The van der Waals surface area contributed by atoms with Gasteiger partial charge in [0.15, 0.2) is 0 Å². The van der Waals surface area contributed by atoms with Gasteiger partial charge in [-0.15, -0.1) is 0 Å². The molecule has 0 aromatic heterocycles. The van der Waals surface area contributed by atoms with Crippen LogP contribution in [0.25, 0.3) is 0 Å². The van der Waals surface area contributed by atoms with Gasteiger partial charge in [-0.3, -0.25) is 4.79 Å². The second-order valence-electron chi connectivity index (χ2n) is 3.13. The van der Waals surface area contributed by atoms with Gasteiger partial charge < -0.3 is 9.84 Å². The van der Waals surface area contributed by atoms with Crippen molar-refractivity contribution < 1.29 is 19.4 Å². The van der Waals surface area contributed by atoms with Crippen molar-refractivity contribution in [3.63, 3.8) is 0 Å². The fourth-order valence-electron chi connectivity index (χ4n) is 0.859. The maximum Gasteiger partial charge on any atom is 0.335 e. The van der Waals surface area contributed by atoms with Crippen LogP contribution in [-0.4, -0.2) is 17.0 Å². The third kappa shape index (κ3) is 5.80. The molecule has 0 aliphatic carbocycles. The molecule has 1 aromatic carbocycles. The number of aromatic carboxylic acids is 1. The number of ether oxygens (including phenoxy) is 1. The highest BCUT2D eigenvalue weighted by molar-refractivity contribution is 5.88. The molecular weight excluding hydrogens is 208 g/mol. The number of carbonyl (C=O) groups excluding carboxylic acids is 1. The first-order chi connectivity index (χ1) is 7.51. The van der Waals surface area contributed by atoms with E-state index in [1.54, 1.807) is 0 Å². The predicted molar refractivity (Wildman–Crippen MR) is 60.7 cm³/mol. The van der Waals surface area contributed by atoms with E-state index in [1.807, 2.05) is 0 Å². The molecule has 0 heterocycles. The zero-order valence-corrected chi connectivity index (χ0v) is 9.69. The molecule has 0 saturated carbocycles. The van der Waals surface area contributed by atoms with Gasteiger partial charge in [0.25, 0.3) is 0 Å². The van der Waals surface area contributed by atoms with E-state index >= 15 is 0 Å². The SMILES string of the molecule is CC(=O)Oc1cccc(C(=O)O)c1.CCC. The summed E-state index contributed by atoms with van der Waals surface area (Å²) in [5.74, 6) is -1.27. The third-order valence-corrected chi connectivity index (χ3v) is 1.34. The maximum atomic E-state index is 10.5. The molecule has 0 amide bonds. The Balaban J connectivity index is 0.000000673. The smallest absolute Gasteiger partial charge is 0.335 e. The van der Waals surface area contributed by atoms with Gasteiger partial charge in [-0.25, -0.2) is 4.79 Å². The van der Waals surface area contributed by atoms with Gasteiger partial charge in [0.2, 0.25) is 0 Å². The van der Waals surface area contributed by atoms with Crippen molar-refractivity contribution >= 4 is 11.9 Å². The van der Waals surface area contributed by atoms with E-state index in [9.17, 15) is 9.59 Å². The highest BCUT2D eigenvalue weighted by Gasteiger charge is 2.04. The summed E-state index contributed by atoms with van der Waals surface area (Å²) in [6.45, 7) is 5.51. The highest BCUT2D eigenvalue weighted by atomic mass is 16.5. The number of benzene rings is 1. The molecular formula is C12H16O4. The molecule has 0 spiro atoms. The zero-order valence-electron chi connectivity index (χ0n) is 9.69. The van der Waals surface area contributed by atoms with Gasteiger partial charge in [-0.1, -0.05) is 26.3 Å². The second kappa shape index (κ2) is 7.45. The summed E-state index contributed by atoms with van der Waals surface area (Å²) in [7, 11) is 0. The Kier molecular flexibility index (Phi) is 6.59. The van der Waals surface area contributed by atoms with Crippen molar-refractivity contribution in [2.24, 2.45) is 0 Å². The Hall–Kier alpha value is -1.84. The topological polar surface area (TPSA) is 63.6 Å². The van der Waals surface area contributed by atoms with Crippen molar-refractivity contribution in [1.82, 2.24) is 0 Å². The first-order valence-electron chi connectivity index (χ1n) is 5.03. The summed E-state index contributed by atoms with van der Waals surface area (Å²) in [6.07, 6.45) is 1.25. The molecule has 88 valence electrons. The molecule has 4 heteroatoms. The minimum atomic E-state index is -1.05. The van der Waals surface area contributed by atoms with E-state index in [-0.39, 0.29) is 11.3 Å². The monoisotopic (exact) mass is 224 g/mol. The van der Waals surface area contributed by atoms with Crippen LogP contribution < -0.4 is 4.74 Å². The molecule has 1 aromatic rings. The quantitative estimate of drug-likeness (QED) is 0.619. The fraction of sp³-hybridized carbons (Fsp3) is 0.333. The lowest BCUT2D eigenvalue weighted by Crippen LogP contribution is -2.03. The molecule has 0 unspecified atom stereocenters. The summed E-state index contributed by atoms with van der Waals surface area (Å²) in [4.78, 5) is 21.0. The summed E-state index contributed by atoms with van der Waals surface area (Å²) in [6, 6.07) is 5.76. The Labute approximate surface area is 94.9 Å². The first-order valence-corrected chi connectivity index (χ1v) is 5.03. The van der Waals surface area contributed by atoms with E-state index in [2.05, 4.69) is 13.8 Å². The van der Waals surface area contributed by atoms with Crippen molar-refractivity contribution in [2.45, 2.75) is 27.2 Å². The van der Waals surface area contributed by atoms with Crippen molar-refractivity contribution in [3.05, 3.63) is 29.8 Å². The lowest BCUT2D eigenvalue weighted by atomic mass is 10.2. The average Bonchev–Trinajstić information content (AvgIpc) is 2.18. The minimum Gasteiger partial charge on any atom is -0.478 e. The molecule has 0 bridgehead atoms. The van der Waals surface area contributed by atoms with Crippen LogP contribution in [0.3, 0.4) is 0 Å². The highest BCUT2D eigenvalue weighted by Crippen LogP contribution is 2.13. The molecule has 1 N–H and O–H groups in total. The largest absolute Gasteiger partial charge is 0.478 e. The van der Waals surface area contributed by atoms with Gasteiger partial charge in [-0.2, -0.15) is 0 Å². The number of carboxylic acids is 1. The molecule has 16 heavy (non-hydrogen) atoms. The maximum absolute atomic E-state index is 10.5. The van der Waals surface area contributed by atoms with Crippen LogP contribution >= 0.6 is 0 Å². The Morgan fingerprint density at radius 3 is 2.31 bits per heavy atom. The molecule has 1 rings (SSSR count). The number of carbonyl (C=O) groups is 2. The van der Waals surface area contributed by atoms with E-state index < -0.39 is 11.9 Å². The first kappa shape index (κ1) is 14.2. The lowest BCUT2D eigenvalue weighted by molar-refractivity contribution is -0.131. The average molecular weight is 224 g/mol. The van der Waals surface area contributed by atoms with E-state index in [1.165, 1.54) is 37.6 Å². The number of esters is 1. The van der Waals surface area contributed by atoms with Crippen LogP contribution in [0.2, 0.25) is 0 Å². The van der Waals surface area contributed by atoms with Gasteiger partial charge in [0.1, 0.15) is 5.75 Å². The zero-order chi connectivity index (χ0) is 12.6. The molecule has 0 aliphatic heterocycles. The normalized spacial score (nSPS) is 8.69. The number of rotatable bonds is 2. The molecule has 0 aliphatic rings. The van der Waals surface area contributed by atoms with Crippen molar-refractivity contribution in [2.75, 3.05) is 0 Å². The summed E-state index contributed by atoms with van der Waals surface area (Å²) in [5.41, 5.74) is 0.0961. The van der Waals surface area contributed by atoms with Gasteiger partial charge in [0.05, 0.1) is 5.56 Å². The molecule has 0 saturated heterocycles. The van der Waals surface area contributed by atoms with Gasteiger partial charge >= 0.3 is 11.9 Å². The lowest BCUT2D eigenvalue weighted by Gasteiger charge is -2.00. The van der Waals surface area contributed by atoms with Crippen molar-refractivity contribution in [3.8, 4) is 5.75 Å². The van der Waals surface area contributed by atoms with Gasteiger partial charge in [-0.05, 0) is 18.2 Å². The van der Waals surface area contributed by atoms with Crippen LogP contribution in [0, 0.1) is 0 Å². The van der Waals surface area contributed by atoms with Crippen molar-refractivity contribution in [1.29, 1.82) is 0 Å². The van der Waals surface area contributed by atoms with Crippen LogP contribution in [0.15, 0.2) is 24.3 Å². The van der Waals surface area contributed by atoms with E-state index in [0.29, 0.717) is 0 Å². The Morgan fingerprint density at radius 2 is 1.88 bits per heavy atom. The number of hydrogen-bond acceptors (Lipinski definition) is 3. The predicted octanol–water partition coefficient (Wildman–Crippen LogP) is 2.73. The Bertz CT molecular complexity index is 358. The van der Waals surface area contributed by atoms with Crippen LogP contribution in [-0.2, 0) is 4.79 Å². The van der Waals surface area contributed by atoms with Crippen LogP contribution in [0.4, 0.5) is 0 Å². The van der Waals surface area contributed by atoms with Gasteiger partial charge in [0, 0.05) is 6.92 Å². The standard InChI is InChI=1S/C9H8O4.C3H8/c1-6(10)13-8-4-2-3-7(5-8)9(11)12;1-3-2/h2-5H,1H3,(H,11,12);3H2,1-2H3. The minimum absolute atomic E-state index is 0.0961. The fourth-order valence-corrected chi connectivity index (χ4v) is 0.859. The summed E-state index contributed by atoms with van der Waals surface area (Å²) < 4.78 is 4.70. The Morgan fingerprint density at radius 1 is 1.31 bits per heavy atom. The molecule has 0 atom stereocenters. The molecule has 0 radical (unpaired) electrons. The second-order valence-corrected chi connectivity index (χ2v) is 3.13. The summed E-state index contributed by atoms with van der Waals surface area (Å²) in [5, 5.41) is 8.60. The summed E-state index contributed by atoms with van der Waals surface area (Å²) >= 11 is 0. The molecule has 4 nitrogen and oxygen atoms in total. The van der Waals surface area contributed by atoms with E-state index in [0.717, 1.165) is 0 Å². The number of carboxylic acid groups (broad SMARTS) is 1. The molecule has 0 fully saturated rings.